The fourth-order valence-electron chi connectivity index (χ4n) is 2.96. The van der Waals surface area contributed by atoms with Crippen LogP contribution in [0.25, 0.3) is 21.5 Å². The van der Waals surface area contributed by atoms with Crippen molar-refractivity contribution in [1.29, 1.82) is 5.26 Å². The van der Waals surface area contributed by atoms with Gasteiger partial charge in [-0.05, 0) is 34.0 Å². The molecule has 0 radical (unpaired) electrons. The minimum Gasteiger partial charge on any atom is -0.480 e. The van der Waals surface area contributed by atoms with Crippen LogP contribution in [0.1, 0.15) is 23.2 Å². The number of carbonyl (C=O) groups is 2. The van der Waals surface area contributed by atoms with Gasteiger partial charge in [-0.2, -0.15) is 5.26 Å². The van der Waals surface area contributed by atoms with Crippen LogP contribution in [0.5, 0.6) is 0 Å². The largest absolute Gasteiger partial charge is 0.480 e. The van der Waals surface area contributed by atoms with E-state index in [1.807, 2.05) is 60.7 Å². The molecular formula is C20H16N2O3. The lowest BCUT2D eigenvalue weighted by molar-refractivity contribution is -0.139. The first-order valence-corrected chi connectivity index (χ1v) is 7.93. The first kappa shape index (κ1) is 16.5. The number of nitrogens with one attached hydrogen (secondary N) is 1. The predicted octanol–water partition coefficient (Wildman–Crippen LogP) is 3.48. The van der Waals surface area contributed by atoms with E-state index in [-0.39, 0.29) is 12.8 Å². The van der Waals surface area contributed by atoms with Crippen LogP contribution in [0.3, 0.4) is 0 Å². The van der Waals surface area contributed by atoms with Gasteiger partial charge in [-0.1, -0.05) is 48.5 Å². The number of carbonyl (C=O) groups excluding carboxylic acids is 1. The molecule has 1 atom stereocenters. The van der Waals surface area contributed by atoms with Crippen molar-refractivity contribution in [1.82, 2.24) is 5.32 Å². The Morgan fingerprint density at radius 2 is 1.60 bits per heavy atom. The van der Waals surface area contributed by atoms with Crippen molar-refractivity contribution in [2.45, 2.75) is 18.9 Å². The van der Waals surface area contributed by atoms with Crippen LogP contribution in [-0.2, 0) is 4.79 Å². The molecule has 3 aromatic rings. The Labute approximate surface area is 144 Å². The molecule has 0 aromatic heterocycles. The molecule has 1 amide bonds. The van der Waals surface area contributed by atoms with Crippen LogP contribution in [0.15, 0.2) is 54.6 Å². The average Bonchev–Trinajstić information content (AvgIpc) is 2.62. The second-order valence-electron chi connectivity index (χ2n) is 5.75. The van der Waals surface area contributed by atoms with Crippen molar-refractivity contribution < 1.29 is 14.7 Å². The molecule has 0 aliphatic rings. The number of aliphatic carboxylic acids is 1. The van der Waals surface area contributed by atoms with Gasteiger partial charge in [0.05, 0.1) is 11.6 Å². The molecule has 0 spiro atoms. The van der Waals surface area contributed by atoms with Gasteiger partial charge in [0.25, 0.3) is 5.91 Å². The Bertz CT molecular complexity index is 951. The number of hydrogen-bond acceptors (Lipinski definition) is 3. The van der Waals surface area contributed by atoms with E-state index >= 15 is 0 Å². The van der Waals surface area contributed by atoms with Gasteiger partial charge in [-0.15, -0.1) is 0 Å². The second-order valence-corrected chi connectivity index (χ2v) is 5.75. The van der Waals surface area contributed by atoms with E-state index in [4.69, 9.17) is 5.26 Å². The van der Waals surface area contributed by atoms with Crippen LogP contribution < -0.4 is 5.32 Å². The molecule has 0 unspecified atom stereocenters. The number of benzene rings is 3. The number of carboxylic acids is 1. The van der Waals surface area contributed by atoms with Gasteiger partial charge in [-0.3, -0.25) is 4.79 Å². The highest BCUT2D eigenvalue weighted by molar-refractivity contribution is 6.18. The minimum absolute atomic E-state index is 0.0630. The first-order chi connectivity index (χ1) is 12.1. The molecule has 3 rings (SSSR count). The Kier molecular flexibility index (Phi) is 4.62. The Morgan fingerprint density at radius 3 is 2.12 bits per heavy atom. The van der Waals surface area contributed by atoms with Crippen LogP contribution in [0.2, 0.25) is 0 Å². The van der Waals surface area contributed by atoms with Gasteiger partial charge in [0.2, 0.25) is 0 Å². The summed E-state index contributed by atoms with van der Waals surface area (Å²) >= 11 is 0. The maximum atomic E-state index is 12.9. The fourth-order valence-corrected chi connectivity index (χ4v) is 2.96. The SMILES string of the molecule is N#CCC[C@@H](NC(=O)c1c2ccccc2cc2ccccc12)C(=O)O. The number of nitriles is 1. The van der Waals surface area contributed by atoms with E-state index in [0.29, 0.717) is 5.56 Å². The number of rotatable bonds is 5. The highest BCUT2D eigenvalue weighted by Crippen LogP contribution is 2.28. The van der Waals surface area contributed by atoms with Gasteiger partial charge in [0, 0.05) is 6.42 Å². The predicted molar refractivity (Wildman–Crippen MR) is 95.2 cm³/mol. The monoisotopic (exact) mass is 332 g/mol. The van der Waals surface area contributed by atoms with Crippen molar-refractivity contribution >= 4 is 33.4 Å². The highest BCUT2D eigenvalue weighted by Gasteiger charge is 2.22. The molecule has 3 aromatic carbocycles. The van der Waals surface area contributed by atoms with Crippen LogP contribution in [0.4, 0.5) is 0 Å². The molecule has 0 bridgehead atoms. The first-order valence-electron chi connectivity index (χ1n) is 7.93. The minimum atomic E-state index is -1.15. The summed E-state index contributed by atoms with van der Waals surface area (Å²) in [6, 6.07) is 17.8. The maximum Gasteiger partial charge on any atom is 0.326 e. The second kappa shape index (κ2) is 7.02. The van der Waals surface area contributed by atoms with Crippen molar-refractivity contribution in [2.75, 3.05) is 0 Å². The normalized spacial score (nSPS) is 11.8. The van der Waals surface area contributed by atoms with Crippen LogP contribution in [-0.4, -0.2) is 23.0 Å². The van der Waals surface area contributed by atoms with Gasteiger partial charge in [-0.25, -0.2) is 4.79 Å². The number of carboxylic acid groups (broad SMARTS) is 1. The Balaban J connectivity index is 2.10. The van der Waals surface area contributed by atoms with Crippen molar-refractivity contribution in [3.63, 3.8) is 0 Å². The maximum absolute atomic E-state index is 12.9. The lowest BCUT2D eigenvalue weighted by atomic mass is 9.96. The number of amides is 1. The quantitative estimate of drug-likeness (QED) is 0.700. The van der Waals surface area contributed by atoms with Crippen LogP contribution >= 0.6 is 0 Å². The van der Waals surface area contributed by atoms with E-state index in [1.165, 1.54) is 0 Å². The number of nitrogens with zero attached hydrogens (tertiary/aromatic N) is 1. The fraction of sp³-hybridized carbons (Fsp3) is 0.150. The van der Waals surface area contributed by atoms with Crippen molar-refractivity contribution in [3.05, 3.63) is 60.2 Å². The molecule has 2 N–H and O–H groups in total. The van der Waals surface area contributed by atoms with E-state index < -0.39 is 17.9 Å². The van der Waals surface area contributed by atoms with E-state index in [9.17, 15) is 14.7 Å². The summed E-state index contributed by atoms with van der Waals surface area (Å²) in [6.07, 6.45) is 0.133. The van der Waals surface area contributed by atoms with Gasteiger partial charge in [0.1, 0.15) is 6.04 Å². The van der Waals surface area contributed by atoms with E-state index in [0.717, 1.165) is 21.5 Å². The zero-order chi connectivity index (χ0) is 17.8. The summed E-state index contributed by atoms with van der Waals surface area (Å²) in [5, 5.41) is 23.9. The third-order valence-electron chi connectivity index (χ3n) is 4.15. The summed E-state index contributed by atoms with van der Waals surface area (Å²) in [6.45, 7) is 0. The lowest BCUT2D eigenvalue weighted by Gasteiger charge is -2.16. The topological polar surface area (TPSA) is 90.2 Å². The van der Waals surface area contributed by atoms with E-state index in [2.05, 4.69) is 5.32 Å². The Morgan fingerprint density at radius 1 is 1.04 bits per heavy atom. The number of fused-ring (bicyclic) bond motifs is 2. The summed E-state index contributed by atoms with van der Waals surface area (Å²) < 4.78 is 0. The molecule has 0 aliphatic carbocycles. The van der Waals surface area contributed by atoms with Crippen molar-refractivity contribution in [3.8, 4) is 6.07 Å². The molecule has 0 saturated heterocycles. The molecule has 0 fully saturated rings. The standard InChI is InChI=1S/C20H16N2O3/c21-11-5-10-17(20(24)25)22-19(23)18-15-8-3-1-6-13(15)12-14-7-2-4-9-16(14)18/h1-4,6-9,12,17H,5,10H2,(H,22,23)(H,24,25)/t17-/m1/s1. The van der Waals surface area contributed by atoms with Gasteiger partial charge < -0.3 is 10.4 Å². The third-order valence-corrected chi connectivity index (χ3v) is 4.15. The smallest absolute Gasteiger partial charge is 0.326 e. The van der Waals surface area contributed by atoms with Crippen LogP contribution in [0, 0.1) is 11.3 Å². The lowest BCUT2D eigenvalue weighted by Crippen LogP contribution is -2.40. The number of hydrogen-bond donors (Lipinski definition) is 2. The molecule has 5 heteroatoms. The zero-order valence-corrected chi connectivity index (χ0v) is 13.4. The molecule has 0 heterocycles. The summed E-state index contributed by atoms with van der Waals surface area (Å²) in [5.41, 5.74) is 0.455. The molecule has 0 saturated carbocycles. The molecule has 5 nitrogen and oxygen atoms in total. The Hall–Kier alpha value is -3.39. The zero-order valence-electron chi connectivity index (χ0n) is 13.4. The van der Waals surface area contributed by atoms with Gasteiger partial charge in [0.15, 0.2) is 0 Å². The highest BCUT2D eigenvalue weighted by atomic mass is 16.4. The molecule has 0 aliphatic heterocycles. The molecule has 25 heavy (non-hydrogen) atoms. The van der Waals surface area contributed by atoms with Crippen molar-refractivity contribution in [2.24, 2.45) is 0 Å². The van der Waals surface area contributed by atoms with E-state index in [1.54, 1.807) is 0 Å². The summed E-state index contributed by atoms with van der Waals surface area (Å²) in [4.78, 5) is 24.3. The van der Waals surface area contributed by atoms with Gasteiger partial charge >= 0.3 is 5.97 Å². The summed E-state index contributed by atoms with van der Waals surface area (Å²) in [5.74, 6) is -1.59. The third kappa shape index (κ3) is 3.29. The average molecular weight is 332 g/mol. The molecule has 124 valence electrons. The summed E-state index contributed by atoms with van der Waals surface area (Å²) in [7, 11) is 0. The molecular weight excluding hydrogens is 316 g/mol.